The van der Waals surface area contributed by atoms with Gasteiger partial charge in [-0.25, -0.2) is 0 Å². The number of rotatable bonds is 3. The number of aliphatic hydroxyl groups excluding tert-OH is 2. The molecule has 0 saturated carbocycles. The van der Waals surface area contributed by atoms with Gasteiger partial charge in [-0.1, -0.05) is 11.8 Å². The fraction of sp³-hybridized carbons (Fsp3) is 0.467. The molecule has 1 atom stereocenters. The molecule has 106 valence electrons. The molecule has 1 fully saturated rings. The molecular formula is C15H18N2O3. The first kappa shape index (κ1) is 14.5. The van der Waals surface area contributed by atoms with Gasteiger partial charge in [-0.15, -0.1) is 0 Å². The highest BCUT2D eigenvalue weighted by Gasteiger charge is 2.27. The Morgan fingerprint density at radius 1 is 1.50 bits per heavy atom. The van der Waals surface area contributed by atoms with Crippen molar-refractivity contribution in [1.82, 2.24) is 9.88 Å². The molecule has 2 heterocycles. The first-order valence-electron chi connectivity index (χ1n) is 6.70. The van der Waals surface area contributed by atoms with Gasteiger partial charge in [0.25, 0.3) is 5.91 Å². The standard InChI is InChI=1S/C15H18N2O3/c18-8-1-2-13-10-16-6-3-14(13)15(20)17-7-4-12(11-17)5-9-19/h3,6,10,12,18-19H,4-5,7-9,11H2. The van der Waals surface area contributed by atoms with Crippen LogP contribution in [-0.2, 0) is 0 Å². The Kier molecular flexibility index (Phi) is 5.10. The zero-order valence-corrected chi connectivity index (χ0v) is 11.2. The van der Waals surface area contributed by atoms with Crippen LogP contribution in [0.1, 0.15) is 28.8 Å². The first-order chi connectivity index (χ1) is 9.76. The third-order valence-electron chi connectivity index (χ3n) is 3.46. The fourth-order valence-electron chi connectivity index (χ4n) is 2.42. The maximum absolute atomic E-state index is 12.5. The summed E-state index contributed by atoms with van der Waals surface area (Å²) >= 11 is 0. The summed E-state index contributed by atoms with van der Waals surface area (Å²) in [4.78, 5) is 18.2. The van der Waals surface area contributed by atoms with Crippen molar-refractivity contribution in [2.45, 2.75) is 12.8 Å². The number of amides is 1. The van der Waals surface area contributed by atoms with Crippen molar-refractivity contribution in [2.24, 2.45) is 5.92 Å². The van der Waals surface area contributed by atoms with Crippen molar-refractivity contribution < 1.29 is 15.0 Å². The number of likely N-dealkylation sites (tertiary alicyclic amines) is 1. The molecule has 2 N–H and O–H groups in total. The molecule has 0 spiro atoms. The van der Waals surface area contributed by atoms with Crippen molar-refractivity contribution in [1.29, 1.82) is 0 Å². The Morgan fingerprint density at radius 3 is 3.10 bits per heavy atom. The Bertz CT molecular complexity index is 533. The summed E-state index contributed by atoms with van der Waals surface area (Å²) in [7, 11) is 0. The monoisotopic (exact) mass is 274 g/mol. The third-order valence-corrected chi connectivity index (χ3v) is 3.46. The van der Waals surface area contributed by atoms with E-state index >= 15 is 0 Å². The van der Waals surface area contributed by atoms with Crippen LogP contribution in [0.5, 0.6) is 0 Å². The van der Waals surface area contributed by atoms with E-state index in [0.29, 0.717) is 30.1 Å². The molecule has 1 aliphatic rings. The molecule has 1 aliphatic heterocycles. The maximum Gasteiger partial charge on any atom is 0.255 e. The van der Waals surface area contributed by atoms with E-state index in [0.717, 1.165) is 12.8 Å². The number of pyridine rings is 1. The molecule has 1 amide bonds. The van der Waals surface area contributed by atoms with Gasteiger partial charge in [0.2, 0.25) is 0 Å². The lowest BCUT2D eigenvalue weighted by atomic mass is 10.1. The average molecular weight is 274 g/mol. The van der Waals surface area contributed by atoms with Crippen LogP contribution in [-0.4, -0.2) is 52.3 Å². The SMILES string of the molecule is O=C(c1ccncc1C#CCO)N1CCC(CCO)C1. The summed E-state index contributed by atoms with van der Waals surface area (Å²) in [6, 6.07) is 1.66. The fourth-order valence-corrected chi connectivity index (χ4v) is 2.42. The van der Waals surface area contributed by atoms with Gasteiger partial charge in [0.1, 0.15) is 6.61 Å². The molecule has 5 nitrogen and oxygen atoms in total. The smallest absolute Gasteiger partial charge is 0.255 e. The maximum atomic E-state index is 12.5. The van der Waals surface area contributed by atoms with Gasteiger partial charge in [0.15, 0.2) is 0 Å². The molecule has 5 heteroatoms. The lowest BCUT2D eigenvalue weighted by Crippen LogP contribution is -2.29. The second kappa shape index (κ2) is 7.04. The highest BCUT2D eigenvalue weighted by Crippen LogP contribution is 2.21. The minimum Gasteiger partial charge on any atom is -0.396 e. The third kappa shape index (κ3) is 3.35. The van der Waals surface area contributed by atoms with Crippen LogP contribution in [0.2, 0.25) is 0 Å². The van der Waals surface area contributed by atoms with Crippen LogP contribution < -0.4 is 0 Å². The summed E-state index contributed by atoms with van der Waals surface area (Å²) in [5.74, 6) is 5.61. The minimum atomic E-state index is -0.245. The number of carbonyl (C=O) groups excluding carboxylic acids is 1. The molecule has 1 saturated heterocycles. The Hall–Kier alpha value is -1.90. The first-order valence-corrected chi connectivity index (χ1v) is 6.70. The van der Waals surface area contributed by atoms with Gasteiger partial charge in [-0.2, -0.15) is 0 Å². The van der Waals surface area contributed by atoms with E-state index in [4.69, 9.17) is 10.2 Å². The predicted molar refractivity (Wildman–Crippen MR) is 73.9 cm³/mol. The summed E-state index contributed by atoms with van der Waals surface area (Å²) in [5.41, 5.74) is 1.06. The molecule has 0 aromatic carbocycles. The molecule has 20 heavy (non-hydrogen) atoms. The van der Waals surface area contributed by atoms with Gasteiger partial charge >= 0.3 is 0 Å². The number of aromatic nitrogens is 1. The number of aliphatic hydroxyl groups is 2. The molecule has 1 aromatic heterocycles. The number of nitrogens with zero attached hydrogens (tertiary/aromatic N) is 2. The van der Waals surface area contributed by atoms with E-state index in [2.05, 4.69) is 16.8 Å². The van der Waals surface area contributed by atoms with Gasteiger partial charge in [0, 0.05) is 32.1 Å². The molecule has 0 radical (unpaired) electrons. The van der Waals surface area contributed by atoms with Gasteiger partial charge in [0.05, 0.1) is 11.1 Å². The number of hydrogen-bond acceptors (Lipinski definition) is 4. The molecule has 0 bridgehead atoms. The van der Waals surface area contributed by atoms with Crippen LogP contribution in [0.3, 0.4) is 0 Å². The van der Waals surface area contributed by atoms with E-state index in [9.17, 15) is 4.79 Å². The number of carbonyl (C=O) groups is 1. The minimum absolute atomic E-state index is 0.0601. The van der Waals surface area contributed by atoms with Crippen molar-refractivity contribution in [3.05, 3.63) is 29.6 Å². The largest absolute Gasteiger partial charge is 0.396 e. The zero-order valence-electron chi connectivity index (χ0n) is 11.2. The highest BCUT2D eigenvalue weighted by atomic mass is 16.3. The van der Waals surface area contributed by atoms with Crippen LogP contribution in [0.15, 0.2) is 18.5 Å². The van der Waals surface area contributed by atoms with Gasteiger partial charge in [-0.3, -0.25) is 9.78 Å². The lowest BCUT2D eigenvalue weighted by Gasteiger charge is -2.17. The Labute approximate surface area is 118 Å². The van der Waals surface area contributed by atoms with Gasteiger partial charge < -0.3 is 15.1 Å². The quantitative estimate of drug-likeness (QED) is 0.776. The normalized spacial score (nSPS) is 17.7. The van der Waals surface area contributed by atoms with Crippen LogP contribution in [0.25, 0.3) is 0 Å². The molecule has 1 unspecified atom stereocenters. The average Bonchev–Trinajstić information content (AvgIpc) is 2.94. The van der Waals surface area contributed by atoms with Crippen molar-refractivity contribution in [3.8, 4) is 11.8 Å². The summed E-state index contributed by atoms with van der Waals surface area (Å²) < 4.78 is 0. The summed E-state index contributed by atoms with van der Waals surface area (Å²) in [5, 5.41) is 17.7. The molecule has 0 aliphatic carbocycles. The van der Waals surface area contributed by atoms with Crippen LogP contribution in [0.4, 0.5) is 0 Å². The lowest BCUT2D eigenvalue weighted by molar-refractivity contribution is 0.0784. The van der Waals surface area contributed by atoms with Crippen molar-refractivity contribution in [2.75, 3.05) is 26.3 Å². The van der Waals surface area contributed by atoms with E-state index in [-0.39, 0.29) is 19.1 Å². The Morgan fingerprint density at radius 2 is 2.35 bits per heavy atom. The number of hydrogen-bond donors (Lipinski definition) is 2. The van der Waals surface area contributed by atoms with Crippen molar-refractivity contribution in [3.63, 3.8) is 0 Å². The topological polar surface area (TPSA) is 73.7 Å². The van der Waals surface area contributed by atoms with E-state index < -0.39 is 0 Å². The molecule has 1 aromatic rings. The van der Waals surface area contributed by atoms with Crippen LogP contribution >= 0.6 is 0 Å². The van der Waals surface area contributed by atoms with E-state index in [1.54, 1.807) is 17.2 Å². The Balaban J connectivity index is 2.14. The second-order valence-corrected chi connectivity index (χ2v) is 4.80. The zero-order chi connectivity index (χ0) is 14.4. The van der Waals surface area contributed by atoms with Gasteiger partial charge in [-0.05, 0) is 24.8 Å². The summed E-state index contributed by atoms with van der Waals surface area (Å²) in [6.45, 7) is 1.30. The predicted octanol–water partition coefficient (Wildman–Crippen LogP) is 0.270. The van der Waals surface area contributed by atoms with E-state index in [1.807, 2.05) is 0 Å². The van der Waals surface area contributed by atoms with Crippen molar-refractivity contribution >= 4 is 5.91 Å². The second-order valence-electron chi connectivity index (χ2n) is 4.80. The molecule has 2 rings (SSSR count). The molecular weight excluding hydrogens is 256 g/mol. The highest BCUT2D eigenvalue weighted by molar-refractivity contribution is 5.96. The van der Waals surface area contributed by atoms with Crippen LogP contribution in [0, 0.1) is 17.8 Å². The summed E-state index contributed by atoms with van der Waals surface area (Å²) in [6.07, 6.45) is 4.77. The van der Waals surface area contributed by atoms with E-state index in [1.165, 1.54) is 6.20 Å².